The van der Waals surface area contributed by atoms with Crippen LogP contribution in [0.1, 0.15) is 20.8 Å². The highest BCUT2D eigenvalue weighted by molar-refractivity contribution is 7.92. The van der Waals surface area contributed by atoms with Gasteiger partial charge in [-0.3, -0.25) is 4.79 Å². The first kappa shape index (κ1) is 23.0. The number of para-hydroxylation sites is 1. The molecule has 0 spiro atoms. The van der Waals surface area contributed by atoms with Crippen LogP contribution in [0.15, 0.2) is 82.6 Å². The molecule has 3 N–H and O–H groups in total. The number of hydrogen-bond acceptors (Lipinski definition) is 6. The van der Waals surface area contributed by atoms with Crippen molar-refractivity contribution in [1.82, 2.24) is 0 Å². The van der Waals surface area contributed by atoms with Crippen molar-refractivity contribution in [2.45, 2.75) is 16.7 Å². The number of carbonyl (C=O) groups excluding carboxylic acids is 1. The Labute approximate surface area is 199 Å². The summed E-state index contributed by atoms with van der Waals surface area (Å²) in [5, 5.41) is 3.32. The van der Waals surface area contributed by atoms with Crippen LogP contribution in [0.25, 0.3) is 0 Å². The Morgan fingerprint density at radius 3 is 2.27 bits per heavy atom. The van der Waals surface area contributed by atoms with Gasteiger partial charge in [0.2, 0.25) is 15.6 Å². The van der Waals surface area contributed by atoms with E-state index in [-0.39, 0.29) is 31.0 Å². The van der Waals surface area contributed by atoms with E-state index in [1.165, 1.54) is 42.5 Å². The van der Waals surface area contributed by atoms with Crippen molar-refractivity contribution in [2.75, 3.05) is 11.1 Å². The molecule has 168 valence electrons. The molecule has 1 aromatic heterocycles. The molecule has 0 aliphatic rings. The van der Waals surface area contributed by atoms with E-state index in [2.05, 4.69) is 5.32 Å². The van der Waals surface area contributed by atoms with Gasteiger partial charge in [0.25, 0.3) is 0 Å². The first-order valence-corrected chi connectivity index (χ1v) is 12.4. The third-order valence-electron chi connectivity index (χ3n) is 4.93. The van der Waals surface area contributed by atoms with Crippen LogP contribution in [0.5, 0.6) is 0 Å². The van der Waals surface area contributed by atoms with Gasteiger partial charge in [0, 0.05) is 10.6 Å². The molecule has 4 rings (SSSR count). The zero-order valence-corrected chi connectivity index (χ0v) is 19.7. The lowest BCUT2D eigenvalue weighted by atomic mass is 10.1. The maximum Gasteiger partial charge on any atom is 0.211 e. The Kier molecular flexibility index (Phi) is 6.25. The number of hydrogen-bond donors (Lipinski definition) is 2. The summed E-state index contributed by atoms with van der Waals surface area (Å²) in [6, 6.07) is 18.3. The molecular formula is C24H18ClFN2O3S2. The molecule has 3 aromatic carbocycles. The summed E-state index contributed by atoms with van der Waals surface area (Å²) in [4.78, 5) is 12.9. The van der Waals surface area contributed by atoms with E-state index >= 15 is 0 Å². The van der Waals surface area contributed by atoms with Crippen LogP contribution in [0.4, 0.5) is 20.8 Å². The van der Waals surface area contributed by atoms with Crippen LogP contribution in [-0.2, 0) is 9.84 Å². The lowest BCUT2D eigenvalue weighted by Gasteiger charge is -2.10. The van der Waals surface area contributed by atoms with Gasteiger partial charge < -0.3 is 11.1 Å². The van der Waals surface area contributed by atoms with Crippen LogP contribution >= 0.6 is 22.9 Å². The molecule has 0 aliphatic carbocycles. The van der Waals surface area contributed by atoms with E-state index in [0.717, 1.165) is 16.9 Å². The molecule has 0 radical (unpaired) electrons. The molecule has 33 heavy (non-hydrogen) atoms. The number of halogens is 2. The number of rotatable bonds is 6. The van der Waals surface area contributed by atoms with Crippen LogP contribution in [0.3, 0.4) is 0 Å². The maximum absolute atomic E-state index is 14.3. The fourth-order valence-electron chi connectivity index (χ4n) is 3.20. The number of benzene rings is 3. The van der Waals surface area contributed by atoms with Gasteiger partial charge in [-0.05, 0) is 55.5 Å². The number of thiophene rings is 1. The SMILES string of the molecule is Cc1ccc(S(=O)(=O)c2c(Nc3ccccc3F)sc(C(=O)c3ccc(Cl)cc3)c2N)cc1. The van der Waals surface area contributed by atoms with Gasteiger partial charge in [0.1, 0.15) is 20.6 Å². The molecule has 0 unspecified atom stereocenters. The van der Waals surface area contributed by atoms with Crippen LogP contribution in [-0.4, -0.2) is 14.2 Å². The minimum Gasteiger partial charge on any atom is -0.396 e. The first-order valence-electron chi connectivity index (χ1n) is 9.74. The number of sulfone groups is 1. The van der Waals surface area contributed by atoms with Crippen molar-refractivity contribution >= 4 is 54.9 Å². The molecule has 1 heterocycles. The number of carbonyl (C=O) groups is 1. The predicted octanol–water partition coefficient (Wildman–Crippen LogP) is 6.24. The van der Waals surface area contributed by atoms with Crippen LogP contribution in [0, 0.1) is 12.7 Å². The van der Waals surface area contributed by atoms with Crippen molar-refractivity contribution in [1.29, 1.82) is 0 Å². The first-order chi connectivity index (χ1) is 15.7. The summed E-state index contributed by atoms with van der Waals surface area (Å²) in [6.07, 6.45) is 0. The summed E-state index contributed by atoms with van der Waals surface area (Å²) in [5.74, 6) is -1.04. The zero-order chi connectivity index (χ0) is 23.8. The Morgan fingerprint density at radius 1 is 1.00 bits per heavy atom. The number of aryl methyl sites for hydroxylation is 1. The van der Waals surface area contributed by atoms with E-state index in [1.54, 1.807) is 30.3 Å². The summed E-state index contributed by atoms with van der Waals surface area (Å²) in [6.45, 7) is 1.84. The molecule has 0 bridgehead atoms. The molecular weight excluding hydrogens is 483 g/mol. The van der Waals surface area contributed by atoms with Crippen molar-refractivity contribution in [3.8, 4) is 0 Å². The summed E-state index contributed by atoms with van der Waals surface area (Å²) < 4.78 is 41.4. The lowest BCUT2D eigenvalue weighted by molar-refractivity contribution is 0.104. The molecule has 0 fully saturated rings. The molecule has 0 aliphatic heterocycles. The Balaban J connectivity index is 1.89. The third-order valence-corrected chi connectivity index (χ3v) is 8.29. The maximum atomic E-state index is 14.3. The number of nitrogens with two attached hydrogens (primary N) is 1. The van der Waals surface area contributed by atoms with Crippen molar-refractivity contribution in [3.63, 3.8) is 0 Å². The lowest BCUT2D eigenvalue weighted by Crippen LogP contribution is -2.08. The Hall–Kier alpha value is -3.20. The van der Waals surface area contributed by atoms with Gasteiger partial charge in [-0.2, -0.15) is 0 Å². The monoisotopic (exact) mass is 500 g/mol. The van der Waals surface area contributed by atoms with Crippen LogP contribution < -0.4 is 11.1 Å². The highest BCUT2D eigenvalue weighted by Gasteiger charge is 2.32. The van der Waals surface area contributed by atoms with E-state index in [1.807, 2.05) is 6.92 Å². The number of ketones is 1. The zero-order valence-electron chi connectivity index (χ0n) is 17.3. The van der Waals surface area contributed by atoms with Gasteiger partial charge in [-0.1, -0.05) is 41.4 Å². The van der Waals surface area contributed by atoms with Gasteiger partial charge in [-0.15, -0.1) is 11.3 Å². The van der Waals surface area contributed by atoms with Crippen molar-refractivity contribution < 1.29 is 17.6 Å². The molecule has 0 amide bonds. The average molecular weight is 501 g/mol. The van der Waals surface area contributed by atoms with Gasteiger partial charge >= 0.3 is 0 Å². The number of anilines is 3. The molecule has 5 nitrogen and oxygen atoms in total. The third kappa shape index (κ3) is 4.50. The minimum atomic E-state index is -4.12. The normalized spacial score (nSPS) is 11.4. The second-order valence-corrected chi connectivity index (χ2v) is 10.6. The fourth-order valence-corrected chi connectivity index (χ4v) is 6.25. The molecule has 0 atom stereocenters. The molecule has 0 saturated carbocycles. The largest absolute Gasteiger partial charge is 0.396 e. The quantitative estimate of drug-likeness (QED) is 0.306. The Bertz CT molecular complexity index is 1450. The van der Waals surface area contributed by atoms with Gasteiger partial charge in [-0.25, -0.2) is 12.8 Å². The second kappa shape index (κ2) is 8.97. The highest BCUT2D eigenvalue weighted by Crippen LogP contribution is 2.44. The van der Waals surface area contributed by atoms with E-state index in [9.17, 15) is 17.6 Å². The topological polar surface area (TPSA) is 89.3 Å². The van der Waals surface area contributed by atoms with Crippen molar-refractivity contribution in [3.05, 3.63) is 99.6 Å². The predicted molar refractivity (Wildman–Crippen MR) is 130 cm³/mol. The summed E-state index contributed by atoms with van der Waals surface area (Å²) in [5.41, 5.74) is 7.31. The highest BCUT2D eigenvalue weighted by atomic mass is 35.5. The second-order valence-electron chi connectivity index (χ2n) is 7.26. The minimum absolute atomic E-state index is 0.0136. The average Bonchev–Trinajstić information content (AvgIpc) is 3.12. The fraction of sp³-hybridized carbons (Fsp3) is 0.0417. The smallest absolute Gasteiger partial charge is 0.211 e. The van der Waals surface area contributed by atoms with E-state index in [0.29, 0.717) is 10.6 Å². The number of nitrogen functional groups attached to an aromatic ring is 1. The number of nitrogens with one attached hydrogen (secondary N) is 1. The summed E-state index contributed by atoms with van der Waals surface area (Å²) in [7, 11) is -4.12. The van der Waals surface area contributed by atoms with Gasteiger partial charge in [0.05, 0.1) is 16.3 Å². The molecule has 9 heteroatoms. The van der Waals surface area contributed by atoms with Crippen molar-refractivity contribution in [2.24, 2.45) is 0 Å². The summed E-state index contributed by atoms with van der Waals surface area (Å²) >= 11 is 6.77. The molecule has 0 saturated heterocycles. The van der Waals surface area contributed by atoms with E-state index in [4.69, 9.17) is 17.3 Å². The Morgan fingerprint density at radius 2 is 1.64 bits per heavy atom. The van der Waals surface area contributed by atoms with Crippen LogP contribution in [0.2, 0.25) is 5.02 Å². The standard InChI is InChI=1S/C24H18ClFN2O3S2/c1-14-6-12-17(13-7-14)33(30,31)23-20(27)22(21(29)15-8-10-16(25)11-9-15)32-24(23)28-19-5-3-2-4-18(19)26/h2-13,28H,27H2,1H3. The molecule has 4 aromatic rings. The van der Waals surface area contributed by atoms with Gasteiger partial charge in [0.15, 0.2) is 0 Å². The van der Waals surface area contributed by atoms with E-state index < -0.39 is 21.4 Å².